The van der Waals surface area contributed by atoms with E-state index in [0.717, 1.165) is 0 Å². The zero-order valence-corrected chi connectivity index (χ0v) is 6.80. The van der Waals surface area contributed by atoms with Crippen molar-refractivity contribution in [3.8, 4) is 0 Å². The van der Waals surface area contributed by atoms with Crippen molar-refractivity contribution in [2.45, 2.75) is 19.1 Å². The van der Waals surface area contributed by atoms with E-state index in [2.05, 4.69) is 0 Å². The van der Waals surface area contributed by atoms with Crippen LogP contribution in [0.25, 0.3) is 0 Å². The van der Waals surface area contributed by atoms with Gasteiger partial charge in [-0.25, -0.2) is 8.78 Å². The highest BCUT2D eigenvalue weighted by molar-refractivity contribution is 5.20. The Kier molecular flexibility index (Phi) is 2.76. The van der Waals surface area contributed by atoms with Crippen LogP contribution >= 0.6 is 0 Å². The molecule has 0 saturated carbocycles. The molecule has 1 aromatic rings. The molecule has 0 aliphatic heterocycles. The van der Waals surface area contributed by atoms with Gasteiger partial charge < -0.3 is 5.73 Å². The van der Waals surface area contributed by atoms with E-state index in [4.69, 9.17) is 5.73 Å². The van der Waals surface area contributed by atoms with Gasteiger partial charge in [0.25, 0.3) is 0 Å². The minimum atomic E-state index is -1.42. The van der Waals surface area contributed by atoms with Gasteiger partial charge in [-0.3, -0.25) is 0 Å². The van der Waals surface area contributed by atoms with Crippen molar-refractivity contribution >= 4 is 0 Å². The predicted octanol–water partition coefficient (Wildman–Crippen LogP) is 2.18. The lowest BCUT2D eigenvalue weighted by Crippen LogP contribution is -2.22. The first-order chi connectivity index (χ1) is 5.63. The van der Waals surface area contributed by atoms with Crippen LogP contribution in [0.1, 0.15) is 18.7 Å². The minimum Gasteiger partial charge on any atom is -0.325 e. The highest BCUT2D eigenvalue weighted by atomic mass is 19.1. The highest BCUT2D eigenvalue weighted by Gasteiger charge is 2.17. The van der Waals surface area contributed by atoms with Crippen LogP contribution in [0.5, 0.6) is 0 Å². The molecule has 1 rings (SSSR count). The van der Waals surface area contributed by atoms with Crippen LogP contribution in [0, 0.1) is 5.82 Å². The molecule has 2 N–H and O–H groups in total. The number of hydrogen-bond donors (Lipinski definition) is 1. The van der Waals surface area contributed by atoms with E-state index in [1.807, 2.05) is 0 Å². The molecule has 0 spiro atoms. The van der Waals surface area contributed by atoms with Crippen LogP contribution in [0.15, 0.2) is 24.3 Å². The van der Waals surface area contributed by atoms with Crippen molar-refractivity contribution in [3.05, 3.63) is 35.6 Å². The van der Waals surface area contributed by atoms with E-state index in [9.17, 15) is 8.78 Å². The summed E-state index contributed by atoms with van der Waals surface area (Å²) in [7, 11) is 0. The van der Waals surface area contributed by atoms with Gasteiger partial charge in [-0.2, -0.15) is 0 Å². The Morgan fingerprint density at radius 1 is 1.33 bits per heavy atom. The van der Waals surface area contributed by atoms with Crippen LogP contribution in [0.2, 0.25) is 0 Å². The molecule has 2 unspecified atom stereocenters. The van der Waals surface area contributed by atoms with Crippen LogP contribution in [-0.4, -0.2) is 6.04 Å². The third-order valence-corrected chi connectivity index (χ3v) is 1.66. The molecule has 0 aliphatic rings. The summed E-state index contributed by atoms with van der Waals surface area (Å²) in [5.41, 5.74) is 5.33. The molecule has 12 heavy (non-hydrogen) atoms. The third-order valence-electron chi connectivity index (χ3n) is 1.66. The fourth-order valence-electron chi connectivity index (χ4n) is 0.982. The quantitative estimate of drug-likeness (QED) is 0.725. The van der Waals surface area contributed by atoms with Crippen LogP contribution < -0.4 is 5.73 Å². The number of rotatable bonds is 2. The maximum absolute atomic E-state index is 13.2. The molecule has 0 bridgehead atoms. The third kappa shape index (κ3) is 1.80. The number of nitrogens with two attached hydrogens (primary N) is 1. The Morgan fingerprint density at radius 3 is 2.42 bits per heavy atom. The Labute approximate surface area is 70.2 Å². The monoisotopic (exact) mass is 171 g/mol. The van der Waals surface area contributed by atoms with Crippen molar-refractivity contribution in [2.75, 3.05) is 0 Å². The number of alkyl halides is 1. The van der Waals surface area contributed by atoms with E-state index in [-0.39, 0.29) is 5.56 Å². The summed E-state index contributed by atoms with van der Waals surface area (Å²) >= 11 is 0. The lowest BCUT2D eigenvalue weighted by Gasteiger charge is -2.12. The average Bonchev–Trinajstić information content (AvgIpc) is 2.04. The minimum absolute atomic E-state index is 0.0347. The van der Waals surface area contributed by atoms with E-state index >= 15 is 0 Å². The van der Waals surface area contributed by atoms with E-state index in [1.165, 1.54) is 25.1 Å². The maximum atomic E-state index is 13.2. The second-order valence-electron chi connectivity index (χ2n) is 2.78. The molecule has 0 radical (unpaired) electrons. The molecule has 0 amide bonds. The Balaban J connectivity index is 2.94. The van der Waals surface area contributed by atoms with E-state index in [1.54, 1.807) is 6.07 Å². The molecule has 1 aromatic carbocycles. The molecule has 2 atom stereocenters. The van der Waals surface area contributed by atoms with Crippen LogP contribution in [0.4, 0.5) is 8.78 Å². The van der Waals surface area contributed by atoms with Crippen molar-refractivity contribution in [1.82, 2.24) is 0 Å². The largest absolute Gasteiger partial charge is 0.325 e. The Hall–Kier alpha value is -0.960. The molecule has 1 nitrogen and oxygen atoms in total. The van der Waals surface area contributed by atoms with Gasteiger partial charge in [-0.1, -0.05) is 18.2 Å². The maximum Gasteiger partial charge on any atom is 0.143 e. The first-order valence-electron chi connectivity index (χ1n) is 3.77. The second kappa shape index (κ2) is 3.63. The molecular weight excluding hydrogens is 160 g/mol. The summed E-state index contributed by atoms with van der Waals surface area (Å²) in [4.78, 5) is 0. The summed E-state index contributed by atoms with van der Waals surface area (Å²) in [6.07, 6.45) is -1.42. The van der Waals surface area contributed by atoms with Gasteiger partial charge in [0.2, 0.25) is 0 Å². The normalized spacial score (nSPS) is 15.7. The van der Waals surface area contributed by atoms with Gasteiger partial charge in [-0.05, 0) is 13.0 Å². The lowest BCUT2D eigenvalue weighted by atomic mass is 10.1. The predicted molar refractivity (Wildman–Crippen MR) is 43.9 cm³/mol. The van der Waals surface area contributed by atoms with Crippen molar-refractivity contribution < 1.29 is 8.78 Å². The molecule has 0 aromatic heterocycles. The molecule has 0 heterocycles. The summed E-state index contributed by atoms with van der Waals surface area (Å²) in [5, 5.41) is 0. The first kappa shape index (κ1) is 9.13. The summed E-state index contributed by atoms with van der Waals surface area (Å²) in [5.74, 6) is -0.540. The number of benzene rings is 1. The highest BCUT2D eigenvalue weighted by Crippen LogP contribution is 2.22. The van der Waals surface area contributed by atoms with E-state index < -0.39 is 18.0 Å². The zero-order valence-electron chi connectivity index (χ0n) is 6.80. The molecule has 3 heteroatoms. The average molecular weight is 171 g/mol. The van der Waals surface area contributed by atoms with Gasteiger partial charge in [0.15, 0.2) is 0 Å². The van der Waals surface area contributed by atoms with Crippen LogP contribution in [-0.2, 0) is 0 Å². The second-order valence-corrected chi connectivity index (χ2v) is 2.78. The van der Waals surface area contributed by atoms with Gasteiger partial charge in [0.1, 0.15) is 12.0 Å². The topological polar surface area (TPSA) is 26.0 Å². The number of halogens is 2. The molecule has 66 valence electrons. The van der Waals surface area contributed by atoms with Gasteiger partial charge in [0.05, 0.1) is 0 Å². The van der Waals surface area contributed by atoms with E-state index in [0.29, 0.717) is 0 Å². The lowest BCUT2D eigenvalue weighted by molar-refractivity contribution is 0.291. The summed E-state index contributed by atoms with van der Waals surface area (Å²) in [6.45, 7) is 1.51. The number of hydrogen-bond acceptors (Lipinski definition) is 1. The summed E-state index contributed by atoms with van der Waals surface area (Å²) < 4.78 is 26.1. The summed E-state index contributed by atoms with van der Waals surface area (Å²) in [6, 6.07) is 5.07. The molecule has 0 saturated heterocycles. The molecule has 0 fully saturated rings. The van der Waals surface area contributed by atoms with Crippen molar-refractivity contribution in [3.63, 3.8) is 0 Å². The van der Waals surface area contributed by atoms with Crippen LogP contribution in [0.3, 0.4) is 0 Å². The van der Waals surface area contributed by atoms with Gasteiger partial charge >= 0.3 is 0 Å². The van der Waals surface area contributed by atoms with Gasteiger partial charge in [0, 0.05) is 11.6 Å². The Morgan fingerprint density at radius 2 is 1.92 bits per heavy atom. The Bertz CT molecular complexity index is 260. The molecular formula is C9H11F2N. The standard InChI is InChI=1S/C9H11F2N/c1-6(12)9(11)7-4-2-3-5-8(7)10/h2-6,9H,12H2,1H3. The van der Waals surface area contributed by atoms with Gasteiger partial charge in [-0.15, -0.1) is 0 Å². The SMILES string of the molecule is CC(N)C(F)c1ccccc1F. The molecule has 0 aliphatic carbocycles. The smallest absolute Gasteiger partial charge is 0.143 e. The first-order valence-corrected chi connectivity index (χ1v) is 3.77. The fourth-order valence-corrected chi connectivity index (χ4v) is 0.982. The van der Waals surface area contributed by atoms with Crippen molar-refractivity contribution in [1.29, 1.82) is 0 Å². The zero-order chi connectivity index (χ0) is 9.14. The fraction of sp³-hybridized carbons (Fsp3) is 0.333. The van der Waals surface area contributed by atoms with Crippen molar-refractivity contribution in [2.24, 2.45) is 5.73 Å².